The highest BCUT2D eigenvalue weighted by molar-refractivity contribution is 7.80. The predicted octanol–water partition coefficient (Wildman–Crippen LogP) is -1.35. The van der Waals surface area contributed by atoms with E-state index >= 15 is 0 Å². The second-order valence-corrected chi connectivity index (χ2v) is 8.85. The highest BCUT2D eigenvalue weighted by Crippen LogP contribution is 2.12. The molecule has 0 aromatic heterocycles. The van der Waals surface area contributed by atoms with E-state index in [0.717, 1.165) is 0 Å². The number of phenolic OH excluding ortho intramolecular Hbond substituents is 1. The number of primary amides is 1. The Bertz CT molecular complexity index is 910. The maximum Gasteiger partial charge on any atom is 0.326 e. The van der Waals surface area contributed by atoms with Crippen molar-refractivity contribution >= 4 is 42.2 Å². The first-order valence-corrected chi connectivity index (χ1v) is 11.5. The Balaban J connectivity index is 2.92. The van der Waals surface area contributed by atoms with Crippen molar-refractivity contribution in [3.63, 3.8) is 0 Å². The molecule has 9 N–H and O–H groups in total. The van der Waals surface area contributed by atoms with Gasteiger partial charge in [-0.3, -0.25) is 19.2 Å². The summed E-state index contributed by atoms with van der Waals surface area (Å²) in [5, 5.41) is 26.3. The van der Waals surface area contributed by atoms with Gasteiger partial charge >= 0.3 is 5.97 Å². The van der Waals surface area contributed by atoms with Crippen LogP contribution in [0.25, 0.3) is 0 Å². The van der Waals surface area contributed by atoms with Crippen molar-refractivity contribution < 1.29 is 34.2 Å². The van der Waals surface area contributed by atoms with Crippen LogP contribution in [0.4, 0.5) is 0 Å². The van der Waals surface area contributed by atoms with E-state index in [-0.39, 0.29) is 30.3 Å². The molecule has 0 saturated heterocycles. The van der Waals surface area contributed by atoms with Crippen LogP contribution in [-0.4, -0.2) is 69.7 Å². The summed E-state index contributed by atoms with van der Waals surface area (Å²) < 4.78 is 0. The Labute approximate surface area is 208 Å². The molecular weight excluding hydrogens is 478 g/mol. The van der Waals surface area contributed by atoms with E-state index in [9.17, 15) is 34.2 Å². The minimum absolute atomic E-state index is 0.0192. The predicted molar refractivity (Wildman–Crippen MR) is 130 cm³/mol. The average Bonchev–Trinajstić information content (AvgIpc) is 2.76. The minimum Gasteiger partial charge on any atom is -0.508 e. The number of rotatable bonds is 14. The molecule has 4 atom stereocenters. The van der Waals surface area contributed by atoms with Crippen LogP contribution >= 0.6 is 12.6 Å². The van der Waals surface area contributed by atoms with Crippen LogP contribution in [0.1, 0.15) is 32.3 Å². The van der Waals surface area contributed by atoms with Gasteiger partial charge in [-0.05, 0) is 30.0 Å². The van der Waals surface area contributed by atoms with Gasteiger partial charge in [0, 0.05) is 12.2 Å². The number of benzene rings is 1. The topological polar surface area (TPSA) is 214 Å². The standard InChI is InChI=1S/C22H33N5O7S/c1-11(2)7-15(25-21(32)17(10-35)27-19(30)14(23)9-18(24)29)20(31)26-16(22(33)34)8-12-3-5-13(28)6-4-12/h3-6,11,14-17,28,35H,7-10,23H2,1-2H3,(H2,24,29)(H,25,32)(H,26,31)(H,27,30)(H,33,34). The summed E-state index contributed by atoms with van der Waals surface area (Å²) >= 11 is 4.05. The lowest BCUT2D eigenvalue weighted by molar-refractivity contribution is -0.142. The maximum absolute atomic E-state index is 12.9. The van der Waals surface area contributed by atoms with Crippen LogP contribution in [0.3, 0.4) is 0 Å². The third-order valence-corrected chi connectivity index (χ3v) is 5.27. The summed E-state index contributed by atoms with van der Waals surface area (Å²) in [6.07, 6.45) is -0.267. The summed E-state index contributed by atoms with van der Waals surface area (Å²) in [5.41, 5.74) is 11.2. The minimum atomic E-state index is -1.29. The number of amides is 4. The lowest BCUT2D eigenvalue weighted by Crippen LogP contribution is -2.58. The van der Waals surface area contributed by atoms with Crippen LogP contribution in [0.2, 0.25) is 0 Å². The smallest absolute Gasteiger partial charge is 0.326 e. The van der Waals surface area contributed by atoms with Crippen LogP contribution < -0.4 is 27.4 Å². The SMILES string of the molecule is CC(C)CC(NC(=O)C(CS)NC(=O)C(N)CC(N)=O)C(=O)NC(Cc1ccc(O)cc1)C(=O)O. The van der Waals surface area contributed by atoms with Crippen molar-refractivity contribution in [3.8, 4) is 5.75 Å². The van der Waals surface area contributed by atoms with E-state index < -0.39 is 60.2 Å². The fourth-order valence-electron chi connectivity index (χ4n) is 3.10. The van der Waals surface area contributed by atoms with Crippen molar-refractivity contribution in [2.75, 3.05) is 5.75 Å². The summed E-state index contributed by atoms with van der Waals surface area (Å²) in [7, 11) is 0. The Morgan fingerprint density at radius 2 is 1.43 bits per heavy atom. The van der Waals surface area contributed by atoms with E-state index in [0.29, 0.717) is 5.56 Å². The average molecular weight is 512 g/mol. The van der Waals surface area contributed by atoms with Crippen molar-refractivity contribution in [3.05, 3.63) is 29.8 Å². The fourth-order valence-corrected chi connectivity index (χ4v) is 3.35. The third kappa shape index (κ3) is 10.6. The normalized spacial score (nSPS) is 14.3. The quantitative estimate of drug-likeness (QED) is 0.139. The number of nitrogens with one attached hydrogen (secondary N) is 3. The van der Waals surface area contributed by atoms with Crippen molar-refractivity contribution in [1.82, 2.24) is 16.0 Å². The molecule has 0 aliphatic carbocycles. The van der Waals surface area contributed by atoms with Gasteiger partial charge in [0.15, 0.2) is 0 Å². The molecule has 12 nitrogen and oxygen atoms in total. The molecule has 0 aliphatic heterocycles. The zero-order valence-corrected chi connectivity index (χ0v) is 20.5. The number of hydrogen-bond donors (Lipinski definition) is 8. The number of carbonyl (C=O) groups excluding carboxylic acids is 4. The van der Waals surface area contributed by atoms with Gasteiger partial charge < -0.3 is 37.6 Å². The fraction of sp³-hybridized carbons (Fsp3) is 0.500. The number of carbonyl (C=O) groups is 5. The molecule has 1 aromatic carbocycles. The van der Waals surface area contributed by atoms with E-state index in [1.807, 2.05) is 13.8 Å². The van der Waals surface area contributed by atoms with Gasteiger partial charge in [-0.15, -0.1) is 0 Å². The Hall–Kier alpha value is -3.32. The molecule has 0 saturated carbocycles. The lowest BCUT2D eigenvalue weighted by Gasteiger charge is -2.25. The van der Waals surface area contributed by atoms with Gasteiger partial charge in [-0.2, -0.15) is 12.6 Å². The number of aromatic hydroxyl groups is 1. The molecule has 0 bridgehead atoms. The molecular formula is C22H33N5O7S. The number of hydrogen-bond acceptors (Lipinski definition) is 8. The molecule has 35 heavy (non-hydrogen) atoms. The molecule has 4 amide bonds. The molecule has 4 unspecified atom stereocenters. The maximum atomic E-state index is 12.9. The summed E-state index contributed by atoms with van der Waals surface area (Å²) in [6.45, 7) is 3.64. The van der Waals surface area contributed by atoms with E-state index in [2.05, 4.69) is 28.6 Å². The molecule has 1 rings (SSSR count). The molecule has 0 fully saturated rings. The molecule has 194 valence electrons. The molecule has 0 radical (unpaired) electrons. The third-order valence-electron chi connectivity index (χ3n) is 4.90. The van der Waals surface area contributed by atoms with Crippen LogP contribution in [0, 0.1) is 5.92 Å². The summed E-state index contributed by atoms with van der Waals surface area (Å²) in [6, 6.07) is 1.07. The van der Waals surface area contributed by atoms with Gasteiger partial charge in [-0.25, -0.2) is 4.79 Å². The number of nitrogens with two attached hydrogens (primary N) is 2. The Morgan fingerprint density at radius 3 is 1.91 bits per heavy atom. The van der Waals surface area contributed by atoms with Gasteiger partial charge in [0.1, 0.15) is 23.9 Å². The first-order valence-electron chi connectivity index (χ1n) is 10.9. The van der Waals surface area contributed by atoms with E-state index in [1.165, 1.54) is 24.3 Å². The van der Waals surface area contributed by atoms with Crippen LogP contribution in [0.15, 0.2) is 24.3 Å². The van der Waals surface area contributed by atoms with Crippen molar-refractivity contribution in [2.45, 2.75) is 57.3 Å². The van der Waals surface area contributed by atoms with Gasteiger partial charge in [0.05, 0.1) is 12.5 Å². The molecule has 13 heteroatoms. The Morgan fingerprint density at radius 1 is 0.914 bits per heavy atom. The van der Waals surface area contributed by atoms with Gasteiger partial charge in [0.25, 0.3) is 0 Å². The molecule has 1 aromatic rings. The largest absolute Gasteiger partial charge is 0.508 e. The Kier molecular flexibility index (Phi) is 12.0. The first kappa shape index (κ1) is 29.7. The number of phenols is 1. The summed E-state index contributed by atoms with van der Waals surface area (Å²) in [5.74, 6) is -4.44. The number of thiol groups is 1. The second kappa shape index (κ2) is 14.2. The highest BCUT2D eigenvalue weighted by Gasteiger charge is 2.30. The zero-order chi connectivity index (χ0) is 26.7. The number of carboxylic acids is 1. The van der Waals surface area contributed by atoms with Crippen molar-refractivity contribution in [1.29, 1.82) is 0 Å². The van der Waals surface area contributed by atoms with E-state index in [4.69, 9.17) is 11.5 Å². The van der Waals surface area contributed by atoms with Crippen molar-refractivity contribution in [2.24, 2.45) is 17.4 Å². The number of carboxylic acid groups (broad SMARTS) is 1. The zero-order valence-electron chi connectivity index (χ0n) is 19.6. The lowest BCUT2D eigenvalue weighted by atomic mass is 10.0. The van der Waals surface area contributed by atoms with Crippen LogP contribution in [0.5, 0.6) is 5.75 Å². The number of aliphatic carboxylic acids is 1. The first-order chi connectivity index (χ1) is 16.3. The van der Waals surface area contributed by atoms with Crippen LogP contribution in [-0.2, 0) is 30.4 Å². The highest BCUT2D eigenvalue weighted by atomic mass is 32.1. The van der Waals surface area contributed by atoms with E-state index in [1.54, 1.807) is 0 Å². The second-order valence-electron chi connectivity index (χ2n) is 8.48. The van der Waals surface area contributed by atoms with Gasteiger partial charge in [-0.1, -0.05) is 26.0 Å². The summed E-state index contributed by atoms with van der Waals surface area (Å²) in [4.78, 5) is 60.5. The molecule has 0 spiro atoms. The monoisotopic (exact) mass is 511 g/mol. The molecule has 0 aliphatic rings. The molecule has 0 heterocycles. The van der Waals surface area contributed by atoms with Gasteiger partial charge in [0.2, 0.25) is 23.6 Å².